The molecule has 0 unspecified atom stereocenters. The zero-order valence-corrected chi connectivity index (χ0v) is 7.87. The van der Waals surface area contributed by atoms with Crippen molar-refractivity contribution >= 4 is 12.0 Å². The third kappa shape index (κ3) is 5.65. The van der Waals surface area contributed by atoms with Gasteiger partial charge < -0.3 is 5.73 Å². The molecule has 0 aliphatic rings. The molecule has 2 N–H and O–H groups in total. The van der Waals surface area contributed by atoms with Crippen LogP contribution in [0.3, 0.4) is 0 Å². The van der Waals surface area contributed by atoms with Crippen LogP contribution in [-0.2, 0) is 4.79 Å². The molecule has 0 fully saturated rings. The smallest absolute Gasteiger partial charge is 0.156 e. The van der Waals surface area contributed by atoms with E-state index < -0.39 is 0 Å². The molecule has 0 aliphatic heterocycles. The van der Waals surface area contributed by atoms with Gasteiger partial charge in [-0.25, -0.2) is 0 Å². The molecular weight excluding hydrogens is 152 g/mol. The van der Waals surface area contributed by atoms with Crippen molar-refractivity contribution in [1.29, 1.82) is 0 Å². The van der Waals surface area contributed by atoms with Crippen molar-refractivity contribution in [2.75, 3.05) is 6.54 Å². The van der Waals surface area contributed by atoms with Crippen LogP contribution in [0.4, 0.5) is 0 Å². The summed E-state index contributed by atoms with van der Waals surface area (Å²) < 4.78 is 0. The minimum Gasteiger partial charge on any atom is -0.402 e. The molecule has 0 atom stereocenters. The molecular formula is C9H16N2O. The molecule has 0 saturated heterocycles. The van der Waals surface area contributed by atoms with E-state index in [1.807, 2.05) is 13.8 Å². The van der Waals surface area contributed by atoms with E-state index in [4.69, 9.17) is 5.73 Å². The van der Waals surface area contributed by atoms with Crippen molar-refractivity contribution < 1.29 is 4.79 Å². The highest BCUT2D eigenvalue weighted by molar-refractivity contribution is 5.84. The van der Waals surface area contributed by atoms with Gasteiger partial charge in [0.1, 0.15) is 0 Å². The van der Waals surface area contributed by atoms with Crippen LogP contribution in [0.15, 0.2) is 16.8 Å². The van der Waals surface area contributed by atoms with Crippen LogP contribution >= 0.6 is 0 Å². The molecule has 68 valence electrons. The molecule has 0 aromatic heterocycles. The second kappa shape index (κ2) is 5.52. The number of carbonyl (C=O) groups is 1. The summed E-state index contributed by atoms with van der Waals surface area (Å²) in [5.41, 5.74) is 6.04. The fraction of sp³-hybridized carbons (Fsp3) is 0.556. The van der Waals surface area contributed by atoms with E-state index in [1.165, 1.54) is 0 Å². The Balaban J connectivity index is 3.76. The predicted molar refractivity (Wildman–Crippen MR) is 51.1 cm³/mol. The van der Waals surface area contributed by atoms with Crippen LogP contribution in [0.25, 0.3) is 0 Å². The zero-order valence-electron chi connectivity index (χ0n) is 7.87. The first-order valence-electron chi connectivity index (χ1n) is 3.99. The van der Waals surface area contributed by atoms with Gasteiger partial charge >= 0.3 is 0 Å². The molecule has 0 saturated carbocycles. The number of allylic oxidation sites excluding steroid dienone is 2. The third-order valence-electron chi connectivity index (χ3n) is 1.33. The largest absolute Gasteiger partial charge is 0.402 e. The topological polar surface area (TPSA) is 55.4 Å². The maximum atomic E-state index is 11.0. The quantitative estimate of drug-likeness (QED) is 0.640. The summed E-state index contributed by atoms with van der Waals surface area (Å²) in [6.07, 6.45) is 3.24. The Kier molecular flexibility index (Phi) is 5.00. The second-order valence-corrected chi connectivity index (χ2v) is 3.02. The molecule has 0 aromatic rings. The van der Waals surface area contributed by atoms with Gasteiger partial charge in [-0.1, -0.05) is 13.8 Å². The van der Waals surface area contributed by atoms with Gasteiger partial charge in [0, 0.05) is 17.8 Å². The number of carbonyl (C=O) groups excluding carboxylic acids is 1. The first-order chi connectivity index (χ1) is 5.54. The van der Waals surface area contributed by atoms with E-state index in [2.05, 4.69) is 4.99 Å². The van der Waals surface area contributed by atoms with E-state index in [9.17, 15) is 4.79 Å². The summed E-state index contributed by atoms with van der Waals surface area (Å²) in [5, 5.41) is 0. The van der Waals surface area contributed by atoms with Crippen molar-refractivity contribution in [2.45, 2.75) is 20.8 Å². The highest BCUT2D eigenvalue weighted by Gasteiger charge is 2.03. The first kappa shape index (κ1) is 10.9. The number of rotatable bonds is 4. The average Bonchev–Trinajstić information content (AvgIpc) is 1.97. The van der Waals surface area contributed by atoms with Crippen molar-refractivity contribution in [3.63, 3.8) is 0 Å². The summed E-state index contributed by atoms with van der Waals surface area (Å²) in [6.45, 7) is 5.75. The van der Waals surface area contributed by atoms with Crippen molar-refractivity contribution in [3.05, 3.63) is 11.8 Å². The van der Waals surface area contributed by atoms with Crippen LogP contribution in [0.1, 0.15) is 20.8 Å². The Labute approximate surface area is 73.4 Å². The number of hydrogen-bond donors (Lipinski definition) is 1. The molecule has 0 radical (unpaired) electrons. The Morgan fingerprint density at radius 3 is 2.58 bits per heavy atom. The highest BCUT2D eigenvalue weighted by Crippen LogP contribution is 1.93. The van der Waals surface area contributed by atoms with E-state index in [1.54, 1.807) is 19.2 Å². The van der Waals surface area contributed by atoms with Gasteiger partial charge in [-0.15, -0.1) is 0 Å². The van der Waals surface area contributed by atoms with Crippen molar-refractivity contribution in [1.82, 2.24) is 0 Å². The number of hydrogen-bond acceptors (Lipinski definition) is 3. The Hall–Kier alpha value is -1.12. The number of nitrogens with two attached hydrogens (primary N) is 1. The number of aliphatic imine (C=N–C) groups is 1. The predicted octanol–water partition coefficient (Wildman–Crippen LogP) is 1.14. The van der Waals surface area contributed by atoms with Gasteiger partial charge in [-0.05, 0) is 13.0 Å². The molecule has 3 nitrogen and oxygen atoms in total. The average molecular weight is 168 g/mol. The SMILES string of the molecule is CC(N)=CC=NCC(=O)C(C)C. The van der Waals surface area contributed by atoms with Gasteiger partial charge in [0.2, 0.25) is 0 Å². The van der Waals surface area contributed by atoms with Crippen LogP contribution < -0.4 is 5.73 Å². The lowest BCUT2D eigenvalue weighted by atomic mass is 10.1. The fourth-order valence-corrected chi connectivity index (χ4v) is 0.496. The standard InChI is InChI=1S/C9H16N2O/c1-7(2)9(12)6-11-5-4-8(3)10/h4-5,7H,6,10H2,1-3H3. The monoisotopic (exact) mass is 168 g/mol. The molecule has 0 rings (SSSR count). The van der Waals surface area contributed by atoms with E-state index in [-0.39, 0.29) is 18.2 Å². The van der Waals surface area contributed by atoms with Gasteiger partial charge in [0.15, 0.2) is 5.78 Å². The van der Waals surface area contributed by atoms with Gasteiger partial charge in [-0.3, -0.25) is 9.79 Å². The van der Waals surface area contributed by atoms with Gasteiger partial charge in [-0.2, -0.15) is 0 Å². The van der Waals surface area contributed by atoms with Gasteiger partial charge in [0.05, 0.1) is 6.54 Å². The number of Topliss-reactive ketones (excluding diaryl/α,β-unsaturated/α-hetero) is 1. The fourth-order valence-electron chi connectivity index (χ4n) is 0.496. The molecule has 0 amide bonds. The summed E-state index contributed by atoms with van der Waals surface area (Å²) in [6, 6.07) is 0. The van der Waals surface area contributed by atoms with Crippen LogP contribution in [0.2, 0.25) is 0 Å². The zero-order chi connectivity index (χ0) is 9.56. The molecule has 0 spiro atoms. The van der Waals surface area contributed by atoms with Gasteiger partial charge in [0.25, 0.3) is 0 Å². The summed E-state index contributed by atoms with van der Waals surface area (Å²) in [7, 11) is 0. The molecule has 3 heteroatoms. The summed E-state index contributed by atoms with van der Waals surface area (Å²) in [5.74, 6) is 0.208. The molecule has 0 aliphatic carbocycles. The lowest BCUT2D eigenvalue weighted by molar-refractivity contribution is -0.120. The first-order valence-corrected chi connectivity index (χ1v) is 3.99. The maximum absolute atomic E-state index is 11.0. The van der Waals surface area contributed by atoms with E-state index >= 15 is 0 Å². The second-order valence-electron chi connectivity index (χ2n) is 3.02. The Bertz CT molecular complexity index is 201. The lowest BCUT2D eigenvalue weighted by Gasteiger charge is -1.97. The van der Waals surface area contributed by atoms with Crippen LogP contribution in [0, 0.1) is 5.92 Å². The Morgan fingerprint density at radius 1 is 1.58 bits per heavy atom. The van der Waals surface area contributed by atoms with Crippen LogP contribution in [0.5, 0.6) is 0 Å². The lowest BCUT2D eigenvalue weighted by Crippen LogP contribution is -2.10. The maximum Gasteiger partial charge on any atom is 0.156 e. The summed E-state index contributed by atoms with van der Waals surface area (Å²) in [4.78, 5) is 14.9. The number of ketones is 1. The summed E-state index contributed by atoms with van der Waals surface area (Å²) >= 11 is 0. The van der Waals surface area contributed by atoms with Crippen LogP contribution in [-0.4, -0.2) is 18.5 Å². The molecule has 12 heavy (non-hydrogen) atoms. The normalized spacial score (nSPS) is 12.8. The molecule has 0 aromatic carbocycles. The van der Waals surface area contributed by atoms with Crippen molar-refractivity contribution in [3.8, 4) is 0 Å². The van der Waals surface area contributed by atoms with Crippen molar-refractivity contribution in [2.24, 2.45) is 16.6 Å². The molecule has 0 heterocycles. The third-order valence-corrected chi connectivity index (χ3v) is 1.33. The van der Waals surface area contributed by atoms with E-state index in [0.29, 0.717) is 5.70 Å². The minimum atomic E-state index is 0.0603. The minimum absolute atomic E-state index is 0.0603. The van der Waals surface area contributed by atoms with E-state index in [0.717, 1.165) is 0 Å². The molecule has 0 bridgehead atoms. The number of nitrogens with zero attached hydrogens (tertiary/aromatic N) is 1. The highest BCUT2D eigenvalue weighted by atomic mass is 16.1. The Morgan fingerprint density at radius 2 is 2.17 bits per heavy atom.